The average molecular weight is 449 g/mol. The van der Waals surface area contributed by atoms with E-state index in [1.165, 1.54) is 36.8 Å². The van der Waals surface area contributed by atoms with Crippen molar-refractivity contribution in [2.75, 3.05) is 33.9 Å². The summed E-state index contributed by atoms with van der Waals surface area (Å²) < 4.78 is 33.3. The largest absolute Gasteiger partial charge is 0.380 e. The van der Waals surface area contributed by atoms with Crippen LogP contribution in [-0.2, 0) is 21.5 Å². The van der Waals surface area contributed by atoms with Crippen LogP contribution in [0.1, 0.15) is 56.1 Å². The second kappa shape index (κ2) is 8.85. The average Bonchev–Trinajstić information content (AvgIpc) is 3.02. The number of nitrogens with two attached hydrogens (primary N) is 1. The Bertz CT molecular complexity index is 943. The summed E-state index contributed by atoms with van der Waals surface area (Å²) in [5.74, 6) is 2.28. The molecular weight excluding hydrogens is 412 g/mol. The molecule has 0 amide bonds. The molecule has 4 rings (SSSR count). The Morgan fingerprint density at radius 2 is 2.03 bits per heavy atom. The molecule has 0 saturated heterocycles. The van der Waals surface area contributed by atoms with Crippen LogP contribution in [0.5, 0.6) is 5.75 Å². The number of fused-ring (bicyclic) bond motifs is 5. The molecule has 0 heterocycles. The zero-order chi connectivity index (χ0) is 22.2. The third-order valence-corrected chi connectivity index (χ3v) is 8.31. The maximum atomic E-state index is 11.3. The third-order valence-electron chi connectivity index (χ3n) is 7.89. The summed E-state index contributed by atoms with van der Waals surface area (Å²) in [7, 11) is 0.149. The molecule has 2 fully saturated rings. The molecule has 0 aliphatic heterocycles. The Balaban J connectivity index is 1.46. The van der Waals surface area contributed by atoms with Gasteiger partial charge in [-0.3, -0.25) is 0 Å². The van der Waals surface area contributed by atoms with Crippen molar-refractivity contribution in [1.82, 2.24) is 4.90 Å². The van der Waals surface area contributed by atoms with Crippen molar-refractivity contribution in [1.29, 1.82) is 0 Å². The van der Waals surface area contributed by atoms with Crippen LogP contribution in [0.4, 0.5) is 0 Å². The molecule has 3 aliphatic carbocycles. The first-order valence-corrected chi connectivity index (χ1v) is 12.9. The molecule has 0 bridgehead atoms. The fourth-order valence-electron chi connectivity index (χ4n) is 6.42. The quantitative estimate of drug-likeness (QED) is 0.509. The number of hydrogen-bond acceptors (Lipinski definition) is 5. The van der Waals surface area contributed by atoms with E-state index in [0.29, 0.717) is 28.9 Å². The topological polar surface area (TPSA) is 81.9 Å². The van der Waals surface area contributed by atoms with E-state index in [9.17, 15) is 8.42 Å². The first-order valence-electron chi connectivity index (χ1n) is 11.4. The van der Waals surface area contributed by atoms with E-state index in [4.69, 9.17) is 14.1 Å². The first-order chi connectivity index (χ1) is 14.7. The normalized spacial score (nSPS) is 31.4. The molecule has 2 saturated carbocycles. The lowest BCUT2D eigenvalue weighted by atomic mass is 9.55. The van der Waals surface area contributed by atoms with Crippen LogP contribution in [0.3, 0.4) is 0 Å². The van der Waals surface area contributed by atoms with Gasteiger partial charge in [0.1, 0.15) is 5.75 Å². The van der Waals surface area contributed by atoms with Crippen molar-refractivity contribution in [3.8, 4) is 5.75 Å². The summed E-state index contributed by atoms with van der Waals surface area (Å²) in [4.78, 5) is 2.15. The number of allylic oxidation sites excluding steroid dienone is 1. The van der Waals surface area contributed by atoms with Crippen molar-refractivity contribution in [2.24, 2.45) is 22.4 Å². The van der Waals surface area contributed by atoms with E-state index in [0.717, 1.165) is 32.6 Å². The molecule has 2 N–H and O–H groups in total. The monoisotopic (exact) mass is 448 g/mol. The highest BCUT2D eigenvalue weighted by Gasteiger charge is 2.52. The number of benzene rings is 1. The predicted octanol–water partition coefficient (Wildman–Crippen LogP) is 3.63. The number of likely N-dealkylation sites (N-methyl/N-ethyl adjacent to an activating group) is 1. The van der Waals surface area contributed by atoms with Gasteiger partial charge in [0.25, 0.3) is 0 Å². The molecule has 4 atom stereocenters. The highest BCUT2D eigenvalue weighted by molar-refractivity contribution is 7.84. The number of aryl methyl sites for hydroxylation is 1. The highest BCUT2D eigenvalue weighted by atomic mass is 32.2. The molecule has 172 valence electrons. The van der Waals surface area contributed by atoms with Crippen LogP contribution in [0.2, 0.25) is 0 Å². The Morgan fingerprint density at radius 3 is 2.77 bits per heavy atom. The standard InChI is InChI=1S/C24H36N2O4S/c1-24-12-10-21-20-8-6-19(30-31(25,27)28)16-17(20)4-7-22(21)23(24)9-5-18(24)11-14-29-15-13-26(2)3/h6,8,11,16,21-23H,4-5,7,9-10,12-15H2,1-3H3,(H2,25,27,28)/b18-11+. The summed E-state index contributed by atoms with van der Waals surface area (Å²) in [5, 5.41) is 5.03. The maximum absolute atomic E-state index is 11.3. The second-order valence-electron chi connectivity index (χ2n) is 9.95. The fourth-order valence-corrected chi connectivity index (χ4v) is 6.79. The lowest BCUT2D eigenvalue weighted by Gasteiger charge is -2.49. The minimum atomic E-state index is -3.99. The van der Waals surface area contributed by atoms with Gasteiger partial charge in [0.05, 0.1) is 13.2 Å². The Hall–Kier alpha value is -1.41. The van der Waals surface area contributed by atoms with E-state index in [1.807, 2.05) is 6.07 Å². The van der Waals surface area contributed by atoms with E-state index in [2.05, 4.69) is 38.1 Å². The minimum Gasteiger partial charge on any atom is -0.376 e. The smallest absolute Gasteiger partial charge is 0.376 e. The van der Waals surface area contributed by atoms with Gasteiger partial charge in [0.15, 0.2) is 0 Å². The molecule has 1 aromatic carbocycles. The van der Waals surface area contributed by atoms with Crippen LogP contribution in [0, 0.1) is 17.3 Å². The molecule has 6 nitrogen and oxygen atoms in total. The number of hydrogen-bond donors (Lipinski definition) is 1. The summed E-state index contributed by atoms with van der Waals surface area (Å²) in [5.41, 5.74) is 4.49. The van der Waals surface area contributed by atoms with Gasteiger partial charge < -0.3 is 13.8 Å². The van der Waals surface area contributed by atoms with Gasteiger partial charge in [-0.25, -0.2) is 0 Å². The molecule has 4 unspecified atom stereocenters. The van der Waals surface area contributed by atoms with Crippen LogP contribution < -0.4 is 9.32 Å². The summed E-state index contributed by atoms with van der Waals surface area (Å²) in [6.07, 6.45) is 9.33. The highest BCUT2D eigenvalue weighted by Crippen LogP contribution is 2.62. The summed E-state index contributed by atoms with van der Waals surface area (Å²) in [6.45, 7) is 4.92. The number of rotatable bonds is 7. The zero-order valence-corrected chi connectivity index (χ0v) is 19.8. The SMILES string of the molecule is CN(C)CCOC/C=C1\CCC2C3CCc4cc(OS(N)(=O)=O)ccc4C3CCC12C. The van der Waals surface area contributed by atoms with Gasteiger partial charge in [-0.15, -0.1) is 0 Å². The van der Waals surface area contributed by atoms with Crippen molar-refractivity contribution >= 4 is 10.3 Å². The van der Waals surface area contributed by atoms with E-state index < -0.39 is 10.3 Å². The lowest BCUT2D eigenvalue weighted by Crippen LogP contribution is -2.40. The second-order valence-corrected chi connectivity index (χ2v) is 11.1. The van der Waals surface area contributed by atoms with Crippen molar-refractivity contribution < 1.29 is 17.3 Å². The molecular formula is C24H36N2O4S. The van der Waals surface area contributed by atoms with E-state index >= 15 is 0 Å². The predicted molar refractivity (Wildman–Crippen MR) is 122 cm³/mol. The van der Waals surface area contributed by atoms with Gasteiger partial charge in [-0.05, 0) is 99.0 Å². The first kappa shape index (κ1) is 22.8. The zero-order valence-electron chi connectivity index (χ0n) is 19.0. The summed E-state index contributed by atoms with van der Waals surface area (Å²) >= 11 is 0. The minimum absolute atomic E-state index is 0.292. The van der Waals surface area contributed by atoms with Gasteiger partial charge in [0.2, 0.25) is 0 Å². The van der Waals surface area contributed by atoms with Crippen LogP contribution in [0.25, 0.3) is 0 Å². The Morgan fingerprint density at radius 1 is 1.23 bits per heavy atom. The maximum Gasteiger partial charge on any atom is 0.380 e. The molecule has 3 aliphatic rings. The van der Waals surface area contributed by atoms with Crippen molar-refractivity contribution in [3.05, 3.63) is 41.0 Å². The molecule has 1 aromatic rings. The Labute approximate surface area is 187 Å². The van der Waals surface area contributed by atoms with E-state index in [1.54, 1.807) is 11.6 Å². The van der Waals surface area contributed by atoms with E-state index in [-0.39, 0.29) is 0 Å². The van der Waals surface area contributed by atoms with Crippen molar-refractivity contribution in [3.63, 3.8) is 0 Å². The third kappa shape index (κ3) is 4.85. The lowest BCUT2D eigenvalue weighted by molar-refractivity contribution is 0.0801. The number of nitrogens with zero attached hydrogens (tertiary/aromatic N) is 1. The molecule has 0 radical (unpaired) electrons. The van der Waals surface area contributed by atoms with Crippen molar-refractivity contribution in [2.45, 2.75) is 51.4 Å². The Kier molecular flexibility index (Phi) is 6.50. The molecule has 31 heavy (non-hydrogen) atoms. The fraction of sp³-hybridized carbons (Fsp3) is 0.667. The van der Waals surface area contributed by atoms with Gasteiger partial charge in [-0.2, -0.15) is 13.6 Å². The molecule has 0 spiro atoms. The van der Waals surface area contributed by atoms with Crippen LogP contribution in [-0.4, -0.2) is 47.2 Å². The van der Waals surface area contributed by atoms with Gasteiger partial charge in [0, 0.05) is 6.54 Å². The van der Waals surface area contributed by atoms with Crippen LogP contribution >= 0.6 is 0 Å². The van der Waals surface area contributed by atoms with Gasteiger partial charge in [-0.1, -0.05) is 24.6 Å². The summed E-state index contributed by atoms with van der Waals surface area (Å²) in [6, 6.07) is 5.69. The molecule has 7 heteroatoms. The number of ether oxygens (including phenoxy) is 1. The molecule has 0 aromatic heterocycles. The van der Waals surface area contributed by atoms with Crippen LogP contribution in [0.15, 0.2) is 29.8 Å². The van der Waals surface area contributed by atoms with Gasteiger partial charge >= 0.3 is 10.3 Å².